The van der Waals surface area contributed by atoms with Crippen molar-refractivity contribution in [1.82, 2.24) is 0 Å². The monoisotopic (exact) mass is 360 g/mol. The van der Waals surface area contributed by atoms with Crippen LogP contribution in [0.1, 0.15) is 13.8 Å². The molecule has 0 bridgehead atoms. The molecule has 1 rings (SSSR count). The van der Waals surface area contributed by atoms with Gasteiger partial charge in [-0.25, -0.2) is 4.21 Å². The van der Waals surface area contributed by atoms with E-state index in [-0.39, 0.29) is 30.6 Å². The maximum absolute atomic E-state index is 11.2. The van der Waals surface area contributed by atoms with Crippen LogP contribution in [-0.2, 0) is 39.3 Å². The van der Waals surface area contributed by atoms with E-state index in [1.54, 1.807) is 0 Å². The van der Waals surface area contributed by atoms with Crippen LogP contribution >= 0.6 is 0 Å². The largest absolute Gasteiger partial charge is 0.640 e. The highest BCUT2D eigenvalue weighted by atomic mass is 32.2. The number of rotatable bonds is 10. The Morgan fingerprint density at radius 2 is 2.14 bits per heavy atom. The van der Waals surface area contributed by atoms with Crippen LogP contribution in [0.4, 0.5) is 0 Å². The van der Waals surface area contributed by atoms with E-state index in [1.165, 1.54) is 0 Å². The zero-order valence-electron chi connectivity index (χ0n) is 12.4. The summed E-state index contributed by atoms with van der Waals surface area (Å²) < 4.78 is 62.7. The summed E-state index contributed by atoms with van der Waals surface area (Å²) >= 11 is -2.16. The van der Waals surface area contributed by atoms with Gasteiger partial charge in [0.1, 0.15) is 5.75 Å². The molecule has 0 aliphatic carbocycles. The van der Waals surface area contributed by atoms with Crippen molar-refractivity contribution >= 4 is 28.5 Å². The van der Waals surface area contributed by atoms with E-state index in [1.807, 2.05) is 13.8 Å². The van der Waals surface area contributed by atoms with Crippen molar-refractivity contribution in [1.29, 1.82) is 0 Å². The van der Waals surface area contributed by atoms with Crippen molar-refractivity contribution in [3.05, 3.63) is 0 Å². The molecule has 0 aromatic carbocycles. The zero-order chi connectivity index (χ0) is 16.8. The minimum absolute atomic E-state index is 0.150. The van der Waals surface area contributed by atoms with Crippen LogP contribution in [-0.4, -0.2) is 73.1 Å². The summed E-state index contributed by atoms with van der Waals surface area (Å²) in [6, 6.07) is 0. The summed E-state index contributed by atoms with van der Waals surface area (Å²) in [5.74, 6) is -0.480. The van der Waals surface area contributed by atoms with E-state index in [9.17, 15) is 12.6 Å². The molecule has 1 aliphatic heterocycles. The molecule has 1 heterocycles. The molecule has 9 nitrogen and oxygen atoms in total. The molecule has 3 atom stereocenters. The normalized spacial score (nSPS) is 23.6. The lowest BCUT2D eigenvalue weighted by atomic mass is 10.1. The average Bonchev–Trinajstić information content (AvgIpc) is 2.73. The van der Waals surface area contributed by atoms with Crippen LogP contribution in [0.3, 0.4) is 0 Å². The van der Waals surface area contributed by atoms with Crippen LogP contribution in [0.15, 0.2) is 0 Å². The van der Waals surface area contributed by atoms with Gasteiger partial charge < -0.3 is 23.6 Å². The number of hydrogen-bond acceptors (Lipinski definition) is 8. The van der Waals surface area contributed by atoms with Gasteiger partial charge >= 0.3 is 7.32 Å². The first kappa shape index (κ1) is 20.0. The summed E-state index contributed by atoms with van der Waals surface area (Å²) in [5.41, 5.74) is 0. The SMILES string of the molecule is CC(C)COB(OC(CO)CS(=O)O)OC1COS(=O)(=O)C1. The Labute approximate surface area is 132 Å². The van der Waals surface area contributed by atoms with Crippen molar-refractivity contribution in [3.63, 3.8) is 0 Å². The van der Waals surface area contributed by atoms with E-state index >= 15 is 0 Å². The predicted octanol–water partition coefficient (Wildman–Crippen LogP) is -1.01. The molecule has 0 radical (unpaired) electrons. The fraction of sp³-hybridized carbons (Fsp3) is 1.00. The second-order valence-corrected chi connectivity index (χ2v) is 7.87. The Hall–Kier alpha value is -0.0751. The molecule has 0 aromatic heterocycles. The highest BCUT2D eigenvalue weighted by Crippen LogP contribution is 2.14. The molecule has 1 fully saturated rings. The quantitative estimate of drug-likeness (QED) is 0.286. The van der Waals surface area contributed by atoms with Crippen LogP contribution in [0.2, 0.25) is 0 Å². The van der Waals surface area contributed by atoms with Crippen LogP contribution < -0.4 is 0 Å². The molecular formula is C10H21BO9S2. The highest BCUT2D eigenvalue weighted by Gasteiger charge is 2.36. The van der Waals surface area contributed by atoms with Crippen molar-refractivity contribution in [2.24, 2.45) is 5.92 Å². The second-order valence-electron chi connectivity index (χ2n) is 5.21. The molecule has 3 unspecified atom stereocenters. The zero-order valence-corrected chi connectivity index (χ0v) is 14.0. The Balaban J connectivity index is 2.60. The van der Waals surface area contributed by atoms with E-state index in [0.29, 0.717) is 0 Å². The lowest BCUT2D eigenvalue weighted by Crippen LogP contribution is -2.40. The second kappa shape index (κ2) is 9.28. The van der Waals surface area contributed by atoms with Crippen LogP contribution in [0.5, 0.6) is 0 Å². The van der Waals surface area contributed by atoms with Gasteiger partial charge in [0, 0.05) is 6.61 Å². The molecule has 0 amide bonds. The Bertz CT molecular complexity index is 455. The maximum atomic E-state index is 11.2. The maximum Gasteiger partial charge on any atom is 0.640 e. The molecule has 130 valence electrons. The summed E-state index contributed by atoms with van der Waals surface area (Å²) in [4.78, 5) is 0. The molecule has 22 heavy (non-hydrogen) atoms. The van der Waals surface area contributed by atoms with Gasteiger partial charge in [-0.1, -0.05) is 13.8 Å². The van der Waals surface area contributed by atoms with Crippen molar-refractivity contribution < 1.29 is 40.4 Å². The van der Waals surface area contributed by atoms with Gasteiger partial charge in [-0.15, -0.1) is 0 Å². The fourth-order valence-electron chi connectivity index (χ4n) is 1.57. The first-order chi connectivity index (χ1) is 10.2. The van der Waals surface area contributed by atoms with Gasteiger partial charge in [0.25, 0.3) is 10.1 Å². The standard InChI is InChI=1S/C10H21BO9S2/c1-8(2)4-17-11(19-9(3-12)6-21(13)14)20-10-5-18-22(15,16)7-10/h8-10,12H,3-7H2,1-2H3,(H,13,14). The van der Waals surface area contributed by atoms with Gasteiger partial charge in [-0.3, -0.25) is 4.18 Å². The number of hydrogen-bond donors (Lipinski definition) is 2. The molecular weight excluding hydrogens is 339 g/mol. The van der Waals surface area contributed by atoms with Crippen LogP contribution in [0.25, 0.3) is 0 Å². The van der Waals surface area contributed by atoms with Gasteiger partial charge in [0.15, 0.2) is 11.1 Å². The van der Waals surface area contributed by atoms with Gasteiger partial charge in [-0.2, -0.15) is 8.42 Å². The lowest BCUT2D eigenvalue weighted by molar-refractivity contribution is 0.0145. The Morgan fingerprint density at radius 1 is 1.45 bits per heavy atom. The first-order valence-corrected chi connectivity index (χ1v) is 9.55. The third kappa shape index (κ3) is 7.97. The molecule has 1 aliphatic rings. The Morgan fingerprint density at radius 3 is 2.59 bits per heavy atom. The smallest absolute Gasteiger partial charge is 0.394 e. The fourth-order valence-corrected chi connectivity index (χ4v) is 3.16. The minimum Gasteiger partial charge on any atom is -0.394 e. The molecule has 1 saturated heterocycles. The predicted molar refractivity (Wildman–Crippen MR) is 78.8 cm³/mol. The van der Waals surface area contributed by atoms with Crippen molar-refractivity contribution in [3.8, 4) is 0 Å². The third-order valence-electron chi connectivity index (χ3n) is 2.53. The van der Waals surface area contributed by atoms with E-state index < -0.39 is 47.3 Å². The summed E-state index contributed by atoms with van der Waals surface area (Å²) in [5, 5.41) is 9.14. The van der Waals surface area contributed by atoms with Crippen molar-refractivity contribution in [2.45, 2.75) is 26.1 Å². The lowest BCUT2D eigenvalue weighted by Gasteiger charge is -2.22. The molecule has 12 heteroatoms. The molecule has 0 aromatic rings. The number of aliphatic hydroxyl groups is 1. The number of aliphatic hydroxyl groups excluding tert-OH is 1. The first-order valence-electron chi connectivity index (χ1n) is 6.69. The van der Waals surface area contributed by atoms with E-state index in [2.05, 4.69) is 4.18 Å². The van der Waals surface area contributed by atoms with E-state index in [0.717, 1.165) is 0 Å². The minimum atomic E-state index is -3.60. The van der Waals surface area contributed by atoms with Gasteiger partial charge in [0.05, 0.1) is 31.2 Å². The molecule has 0 spiro atoms. The Kier molecular flexibility index (Phi) is 8.42. The highest BCUT2D eigenvalue weighted by molar-refractivity contribution is 7.87. The average molecular weight is 360 g/mol. The van der Waals surface area contributed by atoms with Crippen molar-refractivity contribution in [2.75, 3.05) is 31.3 Å². The molecule has 2 N–H and O–H groups in total. The summed E-state index contributed by atoms with van der Waals surface area (Å²) in [6.45, 7) is 3.41. The van der Waals surface area contributed by atoms with Gasteiger partial charge in [0.2, 0.25) is 0 Å². The van der Waals surface area contributed by atoms with E-state index in [4.69, 9.17) is 23.6 Å². The topological polar surface area (TPSA) is 129 Å². The third-order valence-corrected chi connectivity index (χ3v) is 4.46. The molecule has 0 saturated carbocycles. The summed E-state index contributed by atoms with van der Waals surface area (Å²) in [6.07, 6.45) is -1.73. The summed E-state index contributed by atoms with van der Waals surface area (Å²) in [7, 11) is -4.86. The van der Waals surface area contributed by atoms with Crippen LogP contribution in [0, 0.1) is 5.92 Å². The van der Waals surface area contributed by atoms with Gasteiger partial charge in [-0.05, 0) is 5.92 Å².